The lowest BCUT2D eigenvalue weighted by Crippen LogP contribution is -2.52. The van der Waals surface area contributed by atoms with E-state index in [0.717, 1.165) is 67.8 Å². The maximum absolute atomic E-state index is 13.7. The monoisotopic (exact) mass is 797 g/mol. The number of amides is 3. The number of nitrogens with zero attached hydrogens (tertiary/aromatic N) is 6. The van der Waals surface area contributed by atoms with Crippen molar-refractivity contribution in [1.29, 1.82) is 0 Å². The van der Waals surface area contributed by atoms with Gasteiger partial charge in [-0.3, -0.25) is 38.7 Å². The SMILES string of the molecule is O=C1CCC(N2C(=O)c3cccc4cc(OCC(=O)NCCOCN5CCN(C6CCC(n7cc(-c8ccccc8)c8cncnc87)CC6)CC5)cc(c34)C2=O)C(=O)C1. The second-order valence-corrected chi connectivity index (χ2v) is 16.0. The standard InChI is InChI=1S/C45H47N7O7/c53-33-13-14-39(40(54)22-33)52-44(56)35-8-4-7-30-21-34(23-36(42(30)35)45(52)57)59-26-41(55)47-15-20-58-28-49-16-18-50(19-17-49)31-9-11-32(12-10-31)51-25-38(29-5-2-1-3-6-29)37-24-46-27-48-43(37)51/h1-8,21,23-25,27,31-32,39H,9-20,22,26,28H2,(H,47,55). The summed E-state index contributed by atoms with van der Waals surface area (Å²) >= 11 is 0. The molecular formula is C45H47N7O7. The highest BCUT2D eigenvalue weighted by molar-refractivity contribution is 6.27. The Kier molecular flexibility index (Phi) is 11.0. The summed E-state index contributed by atoms with van der Waals surface area (Å²) in [6.07, 6.45) is 10.4. The number of hydrogen-bond acceptors (Lipinski definition) is 11. The van der Waals surface area contributed by atoms with Gasteiger partial charge in [-0.1, -0.05) is 42.5 Å². The van der Waals surface area contributed by atoms with E-state index in [0.29, 0.717) is 48.3 Å². The largest absolute Gasteiger partial charge is 0.484 e. The van der Waals surface area contributed by atoms with Crippen molar-refractivity contribution in [3.05, 3.63) is 90.5 Å². The molecule has 2 aromatic heterocycles. The van der Waals surface area contributed by atoms with Crippen LogP contribution in [0.5, 0.6) is 5.75 Å². The van der Waals surface area contributed by atoms with Crippen LogP contribution < -0.4 is 10.1 Å². The third kappa shape index (κ3) is 7.87. The highest BCUT2D eigenvalue weighted by atomic mass is 16.5. The molecule has 0 bridgehead atoms. The molecule has 5 aromatic rings. The fourth-order valence-corrected chi connectivity index (χ4v) is 9.33. The number of imide groups is 1. The first kappa shape index (κ1) is 38.7. The van der Waals surface area contributed by atoms with Gasteiger partial charge < -0.3 is 19.4 Å². The molecule has 3 aromatic carbocycles. The summed E-state index contributed by atoms with van der Waals surface area (Å²) in [7, 11) is 0. The molecule has 2 aliphatic carbocycles. The molecule has 1 N–H and O–H groups in total. The van der Waals surface area contributed by atoms with Crippen molar-refractivity contribution in [1.82, 2.24) is 34.6 Å². The lowest BCUT2D eigenvalue weighted by atomic mass is 9.87. The van der Waals surface area contributed by atoms with Crippen molar-refractivity contribution in [2.75, 3.05) is 52.7 Å². The lowest BCUT2D eigenvalue weighted by Gasteiger charge is -2.42. The molecule has 304 valence electrons. The molecule has 0 spiro atoms. The van der Waals surface area contributed by atoms with E-state index in [1.807, 2.05) is 12.3 Å². The number of ether oxygens (including phenoxy) is 2. The highest BCUT2D eigenvalue weighted by Gasteiger charge is 2.42. The lowest BCUT2D eigenvalue weighted by molar-refractivity contribution is -0.132. The molecule has 2 aliphatic heterocycles. The van der Waals surface area contributed by atoms with Gasteiger partial charge in [0.2, 0.25) is 0 Å². The Morgan fingerprint density at radius 2 is 1.61 bits per heavy atom. The number of carbonyl (C=O) groups excluding carboxylic acids is 5. The number of ketones is 2. The van der Waals surface area contributed by atoms with E-state index in [1.165, 1.54) is 17.2 Å². The van der Waals surface area contributed by atoms with Crippen LogP contribution in [0, 0.1) is 0 Å². The normalized spacial score (nSPS) is 21.7. The summed E-state index contributed by atoms with van der Waals surface area (Å²) in [5.41, 5.74) is 3.91. The van der Waals surface area contributed by atoms with Crippen LogP contribution in [0.1, 0.15) is 71.7 Å². The molecule has 1 atom stereocenters. The Morgan fingerprint density at radius 3 is 2.41 bits per heavy atom. The predicted molar refractivity (Wildman–Crippen MR) is 219 cm³/mol. The molecule has 3 amide bonds. The van der Waals surface area contributed by atoms with E-state index in [2.05, 4.69) is 60.1 Å². The van der Waals surface area contributed by atoms with Gasteiger partial charge in [0.1, 0.15) is 23.5 Å². The Balaban J connectivity index is 0.701. The third-order valence-electron chi connectivity index (χ3n) is 12.4. The van der Waals surface area contributed by atoms with Crippen LogP contribution >= 0.6 is 0 Å². The first-order valence-electron chi connectivity index (χ1n) is 20.6. The van der Waals surface area contributed by atoms with Crippen molar-refractivity contribution >= 4 is 51.1 Å². The minimum absolute atomic E-state index is 0.112. The van der Waals surface area contributed by atoms with E-state index in [-0.39, 0.29) is 48.9 Å². The molecule has 59 heavy (non-hydrogen) atoms. The molecule has 0 radical (unpaired) electrons. The molecule has 1 unspecified atom stereocenters. The zero-order valence-corrected chi connectivity index (χ0v) is 32.9. The molecular weight excluding hydrogens is 751 g/mol. The van der Waals surface area contributed by atoms with E-state index < -0.39 is 23.6 Å². The van der Waals surface area contributed by atoms with Crippen molar-refractivity contribution in [2.24, 2.45) is 0 Å². The van der Waals surface area contributed by atoms with Gasteiger partial charge in [0.05, 0.1) is 31.4 Å². The number of hydrogen-bond donors (Lipinski definition) is 1. The maximum Gasteiger partial charge on any atom is 0.262 e. The number of fused-ring (bicyclic) bond motifs is 1. The highest BCUT2D eigenvalue weighted by Crippen LogP contribution is 2.38. The smallest absolute Gasteiger partial charge is 0.262 e. The average molecular weight is 798 g/mol. The van der Waals surface area contributed by atoms with Gasteiger partial charge in [-0.15, -0.1) is 0 Å². The second kappa shape index (κ2) is 16.8. The van der Waals surface area contributed by atoms with Gasteiger partial charge in [-0.25, -0.2) is 9.97 Å². The van der Waals surface area contributed by atoms with Gasteiger partial charge in [0.25, 0.3) is 17.7 Å². The number of Topliss-reactive ketones (excluding diaryl/α,β-unsaturated/α-hetero) is 2. The fourth-order valence-electron chi connectivity index (χ4n) is 9.33. The average Bonchev–Trinajstić information content (AvgIpc) is 3.66. The fraction of sp³-hybridized carbons (Fsp3) is 0.400. The molecule has 14 nitrogen and oxygen atoms in total. The first-order chi connectivity index (χ1) is 28.8. The van der Waals surface area contributed by atoms with Gasteiger partial charge in [0.15, 0.2) is 12.4 Å². The summed E-state index contributed by atoms with van der Waals surface area (Å²) in [4.78, 5) is 79.3. The van der Waals surface area contributed by atoms with Crippen molar-refractivity contribution in [3.63, 3.8) is 0 Å². The van der Waals surface area contributed by atoms with E-state index in [1.54, 1.807) is 30.6 Å². The van der Waals surface area contributed by atoms with Crippen LogP contribution in [0.4, 0.5) is 0 Å². The molecule has 4 heterocycles. The van der Waals surface area contributed by atoms with Crippen LogP contribution in [-0.4, -0.2) is 123 Å². The third-order valence-corrected chi connectivity index (χ3v) is 12.4. The van der Waals surface area contributed by atoms with E-state index in [9.17, 15) is 24.0 Å². The maximum atomic E-state index is 13.7. The van der Waals surface area contributed by atoms with Crippen molar-refractivity contribution in [2.45, 2.75) is 63.1 Å². The minimum atomic E-state index is -0.988. The van der Waals surface area contributed by atoms with Crippen molar-refractivity contribution < 1.29 is 33.4 Å². The van der Waals surface area contributed by atoms with Gasteiger partial charge in [-0.2, -0.15) is 0 Å². The minimum Gasteiger partial charge on any atom is -0.484 e. The summed E-state index contributed by atoms with van der Waals surface area (Å²) < 4.78 is 14.1. The van der Waals surface area contributed by atoms with Crippen LogP contribution in [0.15, 0.2) is 79.4 Å². The molecule has 2 saturated carbocycles. The summed E-state index contributed by atoms with van der Waals surface area (Å²) in [5, 5.41) is 5.01. The van der Waals surface area contributed by atoms with Crippen LogP contribution in [-0.2, 0) is 19.1 Å². The number of benzene rings is 3. The summed E-state index contributed by atoms with van der Waals surface area (Å²) in [5.74, 6) is -1.84. The van der Waals surface area contributed by atoms with E-state index in [4.69, 9.17) is 9.47 Å². The topological polar surface area (TPSA) is 156 Å². The van der Waals surface area contributed by atoms with Gasteiger partial charge >= 0.3 is 0 Å². The van der Waals surface area contributed by atoms with Gasteiger partial charge in [-0.05, 0) is 61.3 Å². The molecule has 9 rings (SSSR count). The molecule has 4 aliphatic rings. The Morgan fingerprint density at radius 1 is 0.831 bits per heavy atom. The van der Waals surface area contributed by atoms with Crippen LogP contribution in [0.25, 0.3) is 32.9 Å². The zero-order valence-electron chi connectivity index (χ0n) is 32.9. The Labute approximate surface area is 341 Å². The summed E-state index contributed by atoms with van der Waals surface area (Å²) in [6, 6.07) is 18.8. The Bertz CT molecular complexity index is 2420. The number of piperazine rings is 1. The number of rotatable bonds is 12. The molecule has 14 heteroatoms. The second-order valence-electron chi connectivity index (χ2n) is 16.0. The number of carbonyl (C=O) groups is 5. The molecule has 3 fully saturated rings. The summed E-state index contributed by atoms with van der Waals surface area (Å²) in [6.45, 7) is 4.76. The number of aromatic nitrogens is 3. The first-order valence-corrected chi connectivity index (χ1v) is 20.6. The van der Waals surface area contributed by atoms with Crippen LogP contribution in [0.3, 0.4) is 0 Å². The zero-order chi connectivity index (χ0) is 40.5. The van der Waals surface area contributed by atoms with E-state index >= 15 is 0 Å². The predicted octanol–water partition coefficient (Wildman–Crippen LogP) is 4.81. The Hall–Kier alpha value is -5.83. The number of nitrogens with one attached hydrogen (secondary N) is 1. The van der Waals surface area contributed by atoms with Gasteiger partial charge in [0, 0.05) is 85.5 Å². The van der Waals surface area contributed by atoms with Crippen LogP contribution in [0.2, 0.25) is 0 Å². The quantitative estimate of drug-likeness (QED) is 0.105. The van der Waals surface area contributed by atoms with Crippen molar-refractivity contribution in [3.8, 4) is 16.9 Å². The molecule has 1 saturated heterocycles.